The van der Waals surface area contributed by atoms with E-state index >= 15 is 0 Å². The van der Waals surface area contributed by atoms with Gasteiger partial charge in [-0.25, -0.2) is 4.98 Å². The predicted molar refractivity (Wildman–Crippen MR) is 96.6 cm³/mol. The summed E-state index contributed by atoms with van der Waals surface area (Å²) in [5.41, 5.74) is 1.26. The van der Waals surface area contributed by atoms with E-state index in [2.05, 4.69) is 23.7 Å². The summed E-state index contributed by atoms with van der Waals surface area (Å²) in [5, 5.41) is 10.2. The average Bonchev–Trinajstić information content (AvgIpc) is 3.17. The van der Waals surface area contributed by atoms with E-state index in [-0.39, 0.29) is 18.2 Å². The van der Waals surface area contributed by atoms with Crippen LogP contribution in [0.2, 0.25) is 0 Å². The molecule has 0 spiro atoms. The zero-order valence-corrected chi connectivity index (χ0v) is 15.2. The van der Waals surface area contributed by atoms with Crippen molar-refractivity contribution in [2.75, 3.05) is 19.7 Å². The predicted octanol–water partition coefficient (Wildman–Crippen LogP) is 2.48. The van der Waals surface area contributed by atoms with Gasteiger partial charge in [-0.3, -0.25) is 9.69 Å². The first-order valence-corrected chi connectivity index (χ1v) is 9.77. The third-order valence-corrected chi connectivity index (χ3v) is 6.85. The van der Waals surface area contributed by atoms with Crippen LogP contribution in [0.25, 0.3) is 10.2 Å². The number of hydrogen-bond donors (Lipinski definition) is 2. The molecule has 130 valence electrons. The molecule has 2 N–H and O–H groups in total. The lowest BCUT2D eigenvalue weighted by atomic mass is 9.89. The lowest BCUT2D eigenvalue weighted by Gasteiger charge is -2.23. The maximum absolute atomic E-state index is 12.7. The first kappa shape index (κ1) is 16.2. The maximum Gasteiger partial charge on any atom is 0.259 e. The van der Waals surface area contributed by atoms with Gasteiger partial charge in [0.25, 0.3) is 5.56 Å². The Kier molecular flexibility index (Phi) is 4.22. The molecule has 3 heterocycles. The Morgan fingerprint density at radius 2 is 2.29 bits per heavy atom. The second-order valence-electron chi connectivity index (χ2n) is 7.49. The molecule has 1 saturated heterocycles. The zero-order chi connectivity index (χ0) is 16.8. The lowest BCUT2D eigenvalue weighted by Crippen LogP contribution is -2.28. The number of H-pyrrole nitrogens is 1. The van der Waals surface area contributed by atoms with Crippen LogP contribution in [0.1, 0.15) is 49.0 Å². The van der Waals surface area contributed by atoms with Crippen LogP contribution in [0.15, 0.2) is 4.79 Å². The Hall–Kier alpha value is -1.24. The molecule has 1 fully saturated rings. The van der Waals surface area contributed by atoms with Gasteiger partial charge in [-0.05, 0) is 56.6 Å². The van der Waals surface area contributed by atoms with Crippen molar-refractivity contribution in [3.05, 3.63) is 26.6 Å². The van der Waals surface area contributed by atoms with Gasteiger partial charge in [0.05, 0.1) is 11.4 Å². The van der Waals surface area contributed by atoms with E-state index in [4.69, 9.17) is 4.98 Å². The van der Waals surface area contributed by atoms with Gasteiger partial charge in [-0.1, -0.05) is 6.92 Å². The summed E-state index contributed by atoms with van der Waals surface area (Å²) in [6.45, 7) is 6.44. The van der Waals surface area contributed by atoms with Crippen molar-refractivity contribution in [2.24, 2.45) is 11.8 Å². The van der Waals surface area contributed by atoms with Crippen LogP contribution in [-0.4, -0.2) is 39.7 Å². The number of aromatic amines is 1. The molecular formula is C18H25N3O2S. The summed E-state index contributed by atoms with van der Waals surface area (Å²) in [7, 11) is 0. The van der Waals surface area contributed by atoms with Crippen LogP contribution < -0.4 is 5.56 Å². The first-order chi connectivity index (χ1) is 11.6. The molecule has 2 aliphatic rings. The third kappa shape index (κ3) is 2.70. The summed E-state index contributed by atoms with van der Waals surface area (Å²) in [4.78, 5) is 25.1. The van der Waals surface area contributed by atoms with E-state index in [0.717, 1.165) is 54.8 Å². The number of likely N-dealkylation sites (tertiary alicyclic amines) is 1. The Bertz CT molecular complexity index is 812. The Balaban J connectivity index is 1.69. The normalized spacial score (nSPS) is 26.0. The molecule has 3 atom stereocenters. The molecule has 2 aromatic rings. The smallest absolute Gasteiger partial charge is 0.259 e. The number of aliphatic hydroxyl groups excluding tert-OH is 1. The minimum Gasteiger partial charge on any atom is -0.396 e. The molecule has 0 radical (unpaired) electrons. The van der Waals surface area contributed by atoms with Gasteiger partial charge >= 0.3 is 0 Å². The second kappa shape index (κ2) is 6.24. The Morgan fingerprint density at radius 1 is 1.46 bits per heavy atom. The highest BCUT2D eigenvalue weighted by Gasteiger charge is 2.29. The van der Waals surface area contributed by atoms with Crippen molar-refractivity contribution >= 4 is 21.6 Å². The lowest BCUT2D eigenvalue weighted by molar-refractivity contribution is 0.201. The average molecular weight is 347 g/mol. The number of aryl methyl sites for hydroxylation is 1. The van der Waals surface area contributed by atoms with Gasteiger partial charge in [0.1, 0.15) is 10.7 Å². The van der Waals surface area contributed by atoms with Crippen molar-refractivity contribution in [1.29, 1.82) is 0 Å². The van der Waals surface area contributed by atoms with Crippen molar-refractivity contribution in [1.82, 2.24) is 14.9 Å². The van der Waals surface area contributed by atoms with Crippen LogP contribution in [0.3, 0.4) is 0 Å². The molecule has 1 aliphatic carbocycles. The number of nitrogens with zero attached hydrogens (tertiary/aromatic N) is 2. The number of nitrogens with one attached hydrogen (secondary N) is 1. The summed E-state index contributed by atoms with van der Waals surface area (Å²) in [6.07, 6.45) is 4.25. The minimum absolute atomic E-state index is 0.0202. The Labute approximate surface area is 145 Å². The number of thiophene rings is 1. The first-order valence-electron chi connectivity index (χ1n) is 8.96. The summed E-state index contributed by atoms with van der Waals surface area (Å²) < 4.78 is 0. The van der Waals surface area contributed by atoms with Crippen molar-refractivity contribution in [3.8, 4) is 0 Å². The molecule has 6 heteroatoms. The van der Waals surface area contributed by atoms with Crippen molar-refractivity contribution in [2.45, 2.75) is 45.6 Å². The second-order valence-corrected chi connectivity index (χ2v) is 8.57. The summed E-state index contributed by atoms with van der Waals surface area (Å²) in [6, 6.07) is 0.0803. The van der Waals surface area contributed by atoms with E-state index in [1.165, 1.54) is 10.4 Å². The van der Waals surface area contributed by atoms with Gasteiger partial charge in [-0.2, -0.15) is 0 Å². The summed E-state index contributed by atoms with van der Waals surface area (Å²) >= 11 is 1.71. The molecule has 2 aromatic heterocycles. The fourth-order valence-corrected chi connectivity index (χ4v) is 5.49. The topological polar surface area (TPSA) is 69.2 Å². The van der Waals surface area contributed by atoms with Gasteiger partial charge in [0.15, 0.2) is 0 Å². The molecule has 24 heavy (non-hydrogen) atoms. The number of hydrogen-bond acceptors (Lipinski definition) is 5. The number of aliphatic hydroxyl groups is 1. The third-order valence-electron chi connectivity index (χ3n) is 5.70. The van der Waals surface area contributed by atoms with Crippen molar-refractivity contribution < 1.29 is 5.11 Å². The van der Waals surface area contributed by atoms with Crippen LogP contribution in [0.4, 0.5) is 0 Å². The molecule has 5 nitrogen and oxygen atoms in total. The van der Waals surface area contributed by atoms with Crippen LogP contribution in [0, 0.1) is 11.8 Å². The molecule has 3 unspecified atom stereocenters. The SMILES string of the molecule is CC1CCc2c(sc3nc(C(C)N4CCC(CO)C4)[nH]c(=O)c23)C1. The van der Waals surface area contributed by atoms with Gasteiger partial charge in [0, 0.05) is 18.0 Å². The van der Waals surface area contributed by atoms with Crippen LogP contribution in [-0.2, 0) is 12.8 Å². The minimum atomic E-state index is 0.0202. The molecule has 4 rings (SSSR count). The molecule has 0 saturated carbocycles. The number of rotatable bonds is 3. The van der Waals surface area contributed by atoms with Crippen LogP contribution >= 0.6 is 11.3 Å². The Morgan fingerprint density at radius 3 is 3.04 bits per heavy atom. The standard InChI is InChI=1S/C18H25N3O2S/c1-10-3-4-13-14(7-10)24-18-15(13)17(23)19-16(20-18)11(2)21-6-5-12(8-21)9-22/h10-12,22H,3-9H2,1-2H3,(H,19,20,23). The fourth-order valence-electron chi connectivity index (χ4n) is 4.10. The molecule has 0 aromatic carbocycles. The largest absolute Gasteiger partial charge is 0.396 e. The quantitative estimate of drug-likeness (QED) is 0.895. The molecule has 0 amide bonds. The van der Waals surface area contributed by atoms with Crippen LogP contribution in [0.5, 0.6) is 0 Å². The number of fused-ring (bicyclic) bond motifs is 3. The highest BCUT2D eigenvalue weighted by atomic mass is 32.1. The fraction of sp³-hybridized carbons (Fsp3) is 0.667. The summed E-state index contributed by atoms with van der Waals surface area (Å²) in [5.74, 6) is 1.80. The molecule has 0 bridgehead atoms. The molecular weight excluding hydrogens is 322 g/mol. The van der Waals surface area contributed by atoms with E-state index in [1.807, 2.05) is 0 Å². The number of aromatic nitrogens is 2. The van der Waals surface area contributed by atoms with Gasteiger partial charge in [0.2, 0.25) is 0 Å². The van der Waals surface area contributed by atoms with Gasteiger partial charge < -0.3 is 10.1 Å². The van der Waals surface area contributed by atoms with Gasteiger partial charge in [-0.15, -0.1) is 11.3 Å². The molecule has 1 aliphatic heterocycles. The van der Waals surface area contributed by atoms with E-state index in [0.29, 0.717) is 11.8 Å². The van der Waals surface area contributed by atoms with E-state index in [9.17, 15) is 9.90 Å². The highest BCUT2D eigenvalue weighted by Crippen LogP contribution is 2.36. The van der Waals surface area contributed by atoms with E-state index < -0.39 is 0 Å². The van der Waals surface area contributed by atoms with E-state index in [1.54, 1.807) is 11.3 Å². The monoisotopic (exact) mass is 347 g/mol. The zero-order valence-electron chi connectivity index (χ0n) is 14.3. The highest BCUT2D eigenvalue weighted by molar-refractivity contribution is 7.18. The van der Waals surface area contributed by atoms with Crippen molar-refractivity contribution in [3.63, 3.8) is 0 Å². The maximum atomic E-state index is 12.7.